The van der Waals surface area contributed by atoms with Crippen LogP contribution in [0.15, 0.2) is 23.3 Å². The van der Waals surface area contributed by atoms with Gasteiger partial charge in [-0.25, -0.2) is 0 Å². The van der Waals surface area contributed by atoms with E-state index in [1.165, 1.54) is 7.11 Å². The largest absolute Gasteiger partial charge is 2.00 e. The summed E-state index contributed by atoms with van der Waals surface area (Å²) < 4.78 is 4.99. The number of phenols is 1. The van der Waals surface area contributed by atoms with E-state index in [1.807, 2.05) is 0 Å². The number of rotatable bonds is 4. The third kappa shape index (κ3) is 4.60. The van der Waals surface area contributed by atoms with Crippen molar-refractivity contribution < 1.29 is 26.9 Å². The SMILES string of the molecule is COc1cccc(C[N-]/N=C(\[S-])N(C)C)c1O.[Cu+2]. The number of amidine groups is 1. The summed E-state index contributed by atoms with van der Waals surface area (Å²) in [5.74, 6) is 0.512. The van der Waals surface area contributed by atoms with Crippen molar-refractivity contribution in [1.82, 2.24) is 4.90 Å². The van der Waals surface area contributed by atoms with E-state index in [0.717, 1.165) is 0 Å². The predicted molar refractivity (Wildman–Crippen MR) is 70.2 cm³/mol. The molecule has 0 fully saturated rings. The van der Waals surface area contributed by atoms with E-state index in [-0.39, 0.29) is 29.4 Å². The van der Waals surface area contributed by atoms with Crippen LogP contribution in [-0.2, 0) is 36.2 Å². The summed E-state index contributed by atoms with van der Waals surface area (Å²) in [6, 6.07) is 5.23. The summed E-state index contributed by atoms with van der Waals surface area (Å²) in [7, 11) is 5.09. The molecule has 0 unspecified atom stereocenters. The van der Waals surface area contributed by atoms with E-state index in [4.69, 9.17) is 17.4 Å². The summed E-state index contributed by atoms with van der Waals surface area (Å²) in [5, 5.41) is 14.0. The number of benzene rings is 1. The first kappa shape index (κ1) is 16.8. The standard InChI is InChI=1S/C11H16N3O2S.Cu/c1-14(2)11(17)13-12-7-8-5-4-6-9(16-3)10(8)15;/h4-6,15H,7H2,1-3H3,(H,13,17);/q-1;+2/p-1. The van der Waals surface area contributed by atoms with Gasteiger partial charge >= 0.3 is 17.1 Å². The van der Waals surface area contributed by atoms with Gasteiger partial charge in [0, 0.05) is 14.1 Å². The van der Waals surface area contributed by atoms with E-state index < -0.39 is 0 Å². The smallest absolute Gasteiger partial charge is 0.744 e. The van der Waals surface area contributed by atoms with Gasteiger partial charge in [0.05, 0.1) is 7.11 Å². The molecule has 1 N–H and O–H groups in total. The number of para-hydroxylation sites is 1. The van der Waals surface area contributed by atoms with Gasteiger partial charge in [-0.2, -0.15) is 0 Å². The molecule has 0 spiro atoms. The first-order valence-electron chi connectivity index (χ1n) is 5.00. The molecule has 1 rings (SSSR count). The van der Waals surface area contributed by atoms with E-state index in [9.17, 15) is 5.11 Å². The molecule has 18 heavy (non-hydrogen) atoms. The van der Waals surface area contributed by atoms with Gasteiger partial charge in [0.25, 0.3) is 0 Å². The van der Waals surface area contributed by atoms with Crippen molar-refractivity contribution in [1.29, 1.82) is 0 Å². The van der Waals surface area contributed by atoms with Crippen LogP contribution < -0.4 is 4.74 Å². The molecule has 0 aliphatic rings. The minimum atomic E-state index is 0. The third-order valence-electron chi connectivity index (χ3n) is 2.08. The molecule has 0 atom stereocenters. The van der Waals surface area contributed by atoms with Crippen molar-refractivity contribution >= 4 is 17.8 Å². The van der Waals surface area contributed by atoms with E-state index in [0.29, 0.717) is 16.5 Å². The first-order chi connectivity index (χ1) is 8.06. The number of phenolic OH excluding ortho intramolecular Hbond substituents is 1. The van der Waals surface area contributed by atoms with Gasteiger partial charge < -0.3 is 37.9 Å². The van der Waals surface area contributed by atoms with Gasteiger partial charge in [-0.05, 0) is 16.8 Å². The summed E-state index contributed by atoms with van der Waals surface area (Å²) in [6.45, 7) is 0.261. The molecular weight excluding hydrogens is 302 g/mol. The number of hydrogen-bond acceptors (Lipinski definition) is 4. The van der Waals surface area contributed by atoms with Crippen molar-refractivity contribution in [3.05, 3.63) is 29.2 Å². The molecule has 0 aliphatic heterocycles. The van der Waals surface area contributed by atoms with Gasteiger partial charge in [-0.3, -0.25) is 0 Å². The van der Waals surface area contributed by atoms with E-state index in [2.05, 4.69) is 10.5 Å². The van der Waals surface area contributed by atoms with Crippen LogP contribution in [0.4, 0.5) is 0 Å². The normalized spacial score (nSPS) is 10.5. The summed E-state index contributed by atoms with van der Waals surface area (Å²) in [4.78, 5) is 1.68. The number of nitrogens with zero attached hydrogens (tertiary/aromatic N) is 3. The van der Waals surface area contributed by atoms with Gasteiger partial charge in [0.1, 0.15) is 0 Å². The molecule has 5 nitrogen and oxygen atoms in total. The van der Waals surface area contributed by atoms with Crippen LogP contribution in [0.2, 0.25) is 0 Å². The second kappa shape index (κ2) is 8.02. The molecule has 0 aromatic heterocycles. The first-order valence-corrected chi connectivity index (χ1v) is 5.40. The van der Waals surface area contributed by atoms with Crippen molar-refractivity contribution in [3.63, 3.8) is 0 Å². The van der Waals surface area contributed by atoms with Gasteiger partial charge in [-0.1, -0.05) is 18.7 Å². The molecule has 1 aromatic carbocycles. The Kier molecular flexibility index (Phi) is 7.50. The maximum absolute atomic E-state index is 9.79. The van der Waals surface area contributed by atoms with Crippen molar-refractivity contribution in [2.45, 2.75) is 6.54 Å². The second-order valence-corrected chi connectivity index (χ2v) is 3.91. The minimum Gasteiger partial charge on any atom is -0.744 e. The molecule has 7 heteroatoms. The van der Waals surface area contributed by atoms with Gasteiger partial charge in [0.2, 0.25) is 0 Å². The zero-order chi connectivity index (χ0) is 12.8. The Labute approximate surface area is 123 Å². The molecule has 1 aromatic rings. The molecule has 0 aliphatic carbocycles. The van der Waals surface area contributed by atoms with Gasteiger partial charge in [0.15, 0.2) is 11.5 Å². The fraction of sp³-hybridized carbons (Fsp3) is 0.364. The maximum atomic E-state index is 9.79. The molecule has 0 heterocycles. The summed E-state index contributed by atoms with van der Waals surface area (Å²) in [5.41, 5.74) is 4.57. The summed E-state index contributed by atoms with van der Waals surface area (Å²) in [6.07, 6.45) is 0. The van der Waals surface area contributed by atoms with Crippen LogP contribution in [0.3, 0.4) is 0 Å². The molecule has 1 radical (unpaired) electrons. The monoisotopic (exact) mass is 316 g/mol. The third-order valence-corrected chi connectivity index (χ3v) is 2.53. The van der Waals surface area contributed by atoms with Crippen LogP contribution in [0.1, 0.15) is 5.56 Å². The number of methoxy groups -OCH3 is 1. The fourth-order valence-corrected chi connectivity index (χ4v) is 1.18. The average molecular weight is 317 g/mol. The summed E-state index contributed by atoms with van der Waals surface area (Å²) >= 11 is 4.95. The molecule has 0 amide bonds. The van der Waals surface area contributed by atoms with E-state index >= 15 is 0 Å². The Hall–Kier alpha value is -1.17. The van der Waals surface area contributed by atoms with Gasteiger partial charge in [-0.15, -0.1) is 0 Å². The Morgan fingerprint density at radius 2 is 2.17 bits per heavy atom. The Morgan fingerprint density at radius 3 is 2.72 bits per heavy atom. The van der Waals surface area contributed by atoms with Crippen LogP contribution >= 0.6 is 0 Å². The van der Waals surface area contributed by atoms with Crippen LogP contribution in [0.5, 0.6) is 11.5 Å². The van der Waals surface area contributed by atoms with Crippen LogP contribution in [-0.4, -0.2) is 36.4 Å². The molecule has 0 saturated carbocycles. The molecule has 103 valence electrons. The fourth-order valence-electron chi connectivity index (χ4n) is 1.12. The predicted octanol–water partition coefficient (Wildman–Crippen LogP) is 1.65. The quantitative estimate of drug-likeness (QED) is 0.302. The van der Waals surface area contributed by atoms with Crippen LogP contribution in [0.25, 0.3) is 5.43 Å². The number of aromatic hydroxyl groups is 1. The molecule has 0 bridgehead atoms. The van der Waals surface area contributed by atoms with Crippen molar-refractivity contribution in [2.75, 3.05) is 21.2 Å². The Morgan fingerprint density at radius 1 is 1.50 bits per heavy atom. The minimum absolute atomic E-state index is 0. The topological polar surface area (TPSA) is 59.2 Å². The van der Waals surface area contributed by atoms with Crippen molar-refractivity contribution in [2.24, 2.45) is 5.10 Å². The zero-order valence-electron chi connectivity index (χ0n) is 10.3. The average Bonchev–Trinajstić information content (AvgIpc) is 2.31. The maximum Gasteiger partial charge on any atom is 2.00 e. The zero-order valence-corrected chi connectivity index (χ0v) is 12.1. The van der Waals surface area contributed by atoms with E-state index in [1.54, 1.807) is 37.2 Å². The van der Waals surface area contributed by atoms with Crippen LogP contribution in [0, 0.1) is 0 Å². The Bertz CT molecular complexity index is 413. The second-order valence-electron chi connectivity index (χ2n) is 3.54. The molecule has 0 saturated heterocycles. The Balaban J connectivity index is 0.00000289. The van der Waals surface area contributed by atoms with Crippen molar-refractivity contribution in [3.8, 4) is 11.5 Å². The number of hydrogen-bond donors (Lipinski definition) is 1. The molecular formula is C11H15CuN3O2S. The number of ether oxygens (including phenoxy) is 1.